The summed E-state index contributed by atoms with van der Waals surface area (Å²) in [6, 6.07) is 6.03. The molecule has 1 aliphatic rings. The van der Waals surface area contributed by atoms with E-state index in [4.69, 9.17) is 4.52 Å². The van der Waals surface area contributed by atoms with Gasteiger partial charge in [-0.05, 0) is 24.3 Å². The van der Waals surface area contributed by atoms with Gasteiger partial charge in [0.15, 0.2) is 5.76 Å². The SMILES string of the molecule is CN(C(=O)CS(=O)Cc1cc(-c2cccs2)on1)C1CC1. The van der Waals surface area contributed by atoms with E-state index in [0.717, 1.165) is 17.7 Å². The Morgan fingerprint density at radius 2 is 2.38 bits per heavy atom. The molecule has 0 bridgehead atoms. The lowest BCUT2D eigenvalue weighted by atomic mass is 10.3. The van der Waals surface area contributed by atoms with Crippen molar-refractivity contribution in [2.45, 2.75) is 24.6 Å². The fourth-order valence-corrected chi connectivity index (χ4v) is 3.76. The molecule has 0 saturated heterocycles. The summed E-state index contributed by atoms with van der Waals surface area (Å²) in [6.45, 7) is 0. The van der Waals surface area contributed by atoms with E-state index < -0.39 is 10.8 Å². The number of rotatable bonds is 6. The van der Waals surface area contributed by atoms with Gasteiger partial charge in [-0.2, -0.15) is 0 Å². The highest BCUT2D eigenvalue weighted by molar-refractivity contribution is 7.84. The summed E-state index contributed by atoms with van der Waals surface area (Å²) in [5.41, 5.74) is 0.624. The van der Waals surface area contributed by atoms with Crippen LogP contribution in [0.3, 0.4) is 0 Å². The Kier molecular flexibility index (Phi) is 4.21. The van der Waals surface area contributed by atoms with Crippen LogP contribution in [0.4, 0.5) is 0 Å². The molecule has 1 fully saturated rings. The van der Waals surface area contributed by atoms with Crippen molar-refractivity contribution in [3.8, 4) is 10.6 Å². The van der Waals surface area contributed by atoms with Crippen molar-refractivity contribution in [2.24, 2.45) is 0 Å². The first-order valence-electron chi connectivity index (χ1n) is 6.73. The van der Waals surface area contributed by atoms with Gasteiger partial charge in [-0.1, -0.05) is 11.2 Å². The third kappa shape index (κ3) is 3.59. The van der Waals surface area contributed by atoms with Crippen LogP contribution in [-0.4, -0.2) is 39.0 Å². The van der Waals surface area contributed by atoms with Crippen LogP contribution in [0.2, 0.25) is 0 Å². The molecule has 1 saturated carbocycles. The lowest BCUT2D eigenvalue weighted by Crippen LogP contribution is -2.32. The van der Waals surface area contributed by atoms with Crippen LogP contribution in [0, 0.1) is 0 Å². The maximum absolute atomic E-state index is 12.1. The number of carbonyl (C=O) groups is 1. The molecule has 5 nitrogen and oxygen atoms in total. The summed E-state index contributed by atoms with van der Waals surface area (Å²) in [4.78, 5) is 14.6. The molecule has 112 valence electrons. The molecule has 2 aromatic rings. The Morgan fingerprint density at radius 3 is 3.05 bits per heavy atom. The van der Waals surface area contributed by atoms with Gasteiger partial charge in [0, 0.05) is 30.0 Å². The van der Waals surface area contributed by atoms with E-state index in [1.807, 2.05) is 17.5 Å². The lowest BCUT2D eigenvalue weighted by Gasteiger charge is -2.15. The van der Waals surface area contributed by atoms with E-state index in [1.165, 1.54) is 0 Å². The van der Waals surface area contributed by atoms with Crippen LogP contribution in [0.5, 0.6) is 0 Å². The Bertz CT molecular complexity index is 647. The van der Waals surface area contributed by atoms with Crippen molar-refractivity contribution in [2.75, 3.05) is 12.8 Å². The van der Waals surface area contributed by atoms with Crippen molar-refractivity contribution < 1.29 is 13.5 Å². The topological polar surface area (TPSA) is 63.4 Å². The molecule has 0 radical (unpaired) electrons. The molecule has 1 amide bonds. The fraction of sp³-hybridized carbons (Fsp3) is 0.429. The molecule has 0 spiro atoms. The van der Waals surface area contributed by atoms with E-state index in [-0.39, 0.29) is 17.4 Å². The highest BCUT2D eigenvalue weighted by atomic mass is 32.2. The van der Waals surface area contributed by atoms with E-state index in [2.05, 4.69) is 5.16 Å². The molecule has 1 unspecified atom stereocenters. The molecular weight excluding hydrogens is 308 g/mol. The summed E-state index contributed by atoms with van der Waals surface area (Å²) in [7, 11) is 0.526. The van der Waals surface area contributed by atoms with Gasteiger partial charge in [0.25, 0.3) is 0 Å². The lowest BCUT2D eigenvalue weighted by molar-refractivity contribution is -0.127. The Balaban J connectivity index is 1.56. The zero-order valence-corrected chi connectivity index (χ0v) is 13.3. The van der Waals surface area contributed by atoms with Gasteiger partial charge >= 0.3 is 0 Å². The number of amides is 1. The number of hydrogen-bond donors (Lipinski definition) is 0. The van der Waals surface area contributed by atoms with Gasteiger partial charge in [0.1, 0.15) is 5.75 Å². The number of nitrogens with zero attached hydrogens (tertiary/aromatic N) is 2. The number of aromatic nitrogens is 1. The molecule has 2 aromatic heterocycles. The monoisotopic (exact) mass is 324 g/mol. The van der Waals surface area contributed by atoms with Gasteiger partial charge in [-0.25, -0.2) is 0 Å². The van der Waals surface area contributed by atoms with Crippen molar-refractivity contribution in [3.63, 3.8) is 0 Å². The molecule has 1 atom stereocenters. The molecular formula is C14H16N2O3S2. The molecule has 2 heterocycles. The predicted molar refractivity (Wildman–Crippen MR) is 82.3 cm³/mol. The minimum absolute atomic E-state index is 0.0498. The second-order valence-electron chi connectivity index (χ2n) is 5.12. The van der Waals surface area contributed by atoms with E-state index in [0.29, 0.717) is 17.5 Å². The first kappa shape index (κ1) is 14.5. The average Bonchev–Trinajstić information content (AvgIpc) is 2.97. The quantitative estimate of drug-likeness (QED) is 0.818. The van der Waals surface area contributed by atoms with Crippen molar-refractivity contribution >= 4 is 28.0 Å². The summed E-state index contributed by atoms with van der Waals surface area (Å²) in [5, 5.41) is 5.89. The van der Waals surface area contributed by atoms with Crippen LogP contribution in [0.1, 0.15) is 18.5 Å². The molecule has 7 heteroatoms. The third-order valence-corrected chi connectivity index (χ3v) is 5.48. The first-order chi connectivity index (χ1) is 10.1. The standard InChI is InChI=1S/C14H16N2O3S2/c1-16(11-4-5-11)14(17)9-21(18)8-10-7-12(19-15-10)13-3-2-6-20-13/h2-3,6-7,11H,4-5,8-9H2,1H3. The molecule has 3 rings (SSSR count). The summed E-state index contributed by atoms with van der Waals surface area (Å²) >= 11 is 1.56. The highest BCUT2D eigenvalue weighted by Crippen LogP contribution is 2.26. The largest absolute Gasteiger partial charge is 0.355 e. The minimum Gasteiger partial charge on any atom is -0.355 e. The average molecular weight is 324 g/mol. The normalized spacial score (nSPS) is 15.9. The predicted octanol–water partition coefficient (Wildman–Crippen LogP) is 2.27. The van der Waals surface area contributed by atoms with Crippen LogP contribution >= 0.6 is 11.3 Å². The zero-order valence-electron chi connectivity index (χ0n) is 11.7. The smallest absolute Gasteiger partial charge is 0.235 e. The van der Waals surface area contributed by atoms with Crippen molar-refractivity contribution in [3.05, 3.63) is 29.3 Å². The molecule has 0 N–H and O–H groups in total. The highest BCUT2D eigenvalue weighted by Gasteiger charge is 2.30. The van der Waals surface area contributed by atoms with E-state index in [9.17, 15) is 9.00 Å². The summed E-state index contributed by atoms with van der Waals surface area (Å²) < 4.78 is 17.3. The summed E-state index contributed by atoms with van der Waals surface area (Å²) in [6.07, 6.45) is 2.12. The maximum atomic E-state index is 12.1. The number of thiophene rings is 1. The van der Waals surface area contributed by atoms with Gasteiger partial charge in [0.05, 0.1) is 16.3 Å². The number of carbonyl (C=O) groups excluding carboxylic acids is 1. The van der Waals surface area contributed by atoms with Crippen LogP contribution in [0.25, 0.3) is 10.6 Å². The van der Waals surface area contributed by atoms with Crippen LogP contribution < -0.4 is 0 Å². The zero-order chi connectivity index (χ0) is 14.8. The van der Waals surface area contributed by atoms with Crippen LogP contribution in [0.15, 0.2) is 28.1 Å². The second kappa shape index (κ2) is 6.11. The van der Waals surface area contributed by atoms with E-state index >= 15 is 0 Å². The van der Waals surface area contributed by atoms with Gasteiger partial charge in [0.2, 0.25) is 5.91 Å². The first-order valence-corrected chi connectivity index (χ1v) is 9.10. The maximum Gasteiger partial charge on any atom is 0.235 e. The minimum atomic E-state index is -1.25. The fourth-order valence-electron chi connectivity index (χ4n) is 2.04. The molecule has 1 aliphatic carbocycles. The van der Waals surface area contributed by atoms with Gasteiger partial charge in [-0.3, -0.25) is 9.00 Å². The van der Waals surface area contributed by atoms with Gasteiger partial charge < -0.3 is 9.42 Å². The third-order valence-electron chi connectivity index (χ3n) is 3.40. The Labute approximate surface area is 129 Å². The second-order valence-corrected chi connectivity index (χ2v) is 7.53. The Hall–Kier alpha value is -1.47. The van der Waals surface area contributed by atoms with Crippen molar-refractivity contribution in [1.82, 2.24) is 10.1 Å². The summed E-state index contributed by atoms with van der Waals surface area (Å²) in [5.74, 6) is 0.920. The number of hydrogen-bond acceptors (Lipinski definition) is 5. The molecule has 0 aromatic carbocycles. The van der Waals surface area contributed by atoms with Crippen molar-refractivity contribution in [1.29, 1.82) is 0 Å². The van der Waals surface area contributed by atoms with Crippen LogP contribution in [-0.2, 0) is 21.3 Å². The molecule has 0 aliphatic heterocycles. The Morgan fingerprint density at radius 1 is 1.57 bits per heavy atom. The van der Waals surface area contributed by atoms with E-state index in [1.54, 1.807) is 29.4 Å². The molecule has 21 heavy (non-hydrogen) atoms. The van der Waals surface area contributed by atoms with Gasteiger partial charge in [-0.15, -0.1) is 11.3 Å².